The molecule has 0 fully saturated rings. The van der Waals surface area contributed by atoms with Crippen molar-refractivity contribution in [1.29, 1.82) is 0 Å². The van der Waals surface area contributed by atoms with E-state index in [4.69, 9.17) is 20.8 Å². The van der Waals surface area contributed by atoms with Gasteiger partial charge < -0.3 is 14.5 Å². The lowest BCUT2D eigenvalue weighted by molar-refractivity contribution is 0.0992. The van der Waals surface area contributed by atoms with Gasteiger partial charge in [-0.3, -0.25) is 9.48 Å². The first-order valence-electron chi connectivity index (χ1n) is 10.4. The Morgan fingerprint density at radius 3 is 2.58 bits per heavy atom. The van der Waals surface area contributed by atoms with E-state index < -0.39 is 11.7 Å². The summed E-state index contributed by atoms with van der Waals surface area (Å²) in [5, 5.41) is 7.45. The first-order chi connectivity index (χ1) is 15.8. The summed E-state index contributed by atoms with van der Waals surface area (Å²) in [5.74, 6) is 0.996. The number of aromatic nitrogens is 2. The fourth-order valence-corrected chi connectivity index (χ4v) is 3.70. The third-order valence-corrected chi connectivity index (χ3v) is 5.37. The van der Waals surface area contributed by atoms with Gasteiger partial charge in [0.05, 0.1) is 6.54 Å². The maximum absolute atomic E-state index is 13.3. The van der Waals surface area contributed by atoms with E-state index in [1.54, 1.807) is 28.9 Å². The van der Waals surface area contributed by atoms with Crippen molar-refractivity contribution < 1.29 is 18.3 Å². The standard InChI is InChI=1S/C25H23ClFN3O3/c1-15-8-16(2)10-21(9-15)32-14-20-6-7-23(33-20)25(31)28-24-11-17(3)30(29-24)13-18-4-5-19(27)12-22(18)26/h4-12H,13-14H2,1-3H3,(H,28,29,31). The molecule has 1 N–H and O–H groups in total. The second-order valence-corrected chi connectivity index (χ2v) is 8.30. The minimum absolute atomic E-state index is 0.155. The number of ether oxygens (including phenoxy) is 1. The molecule has 2 aromatic carbocycles. The van der Waals surface area contributed by atoms with E-state index in [9.17, 15) is 9.18 Å². The molecule has 1 amide bonds. The predicted octanol–water partition coefficient (Wildman–Crippen LogP) is 6.07. The third kappa shape index (κ3) is 5.62. The molecule has 0 spiro atoms. The number of aryl methyl sites for hydroxylation is 3. The van der Waals surface area contributed by atoms with Gasteiger partial charge in [-0.15, -0.1) is 0 Å². The van der Waals surface area contributed by atoms with E-state index in [2.05, 4.69) is 16.5 Å². The van der Waals surface area contributed by atoms with Crippen molar-refractivity contribution in [1.82, 2.24) is 9.78 Å². The van der Waals surface area contributed by atoms with E-state index in [-0.39, 0.29) is 12.4 Å². The average Bonchev–Trinajstić information content (AvgIpc) is 3.34. The Morgan fingerprint density at radius 1 is 1.09 bits per heavy atom. The Labute approximate surface area is 195 Å². The normalized spacial score (nSPS) is 10.9. The molecule has 0 aliphatic heterocycles. The van der Waals surface area contributed by atoms with E-state index in [0.29, 0.717) is 23.1 Å². The number of carbonyl (C=O) groups is 1. The van der Waals surface area contributed by atoms with Crippen LogP contribution in [0.15, 0.2) is 59.0 Å². The van der Waals surface area contributed by atoms with Crippen LogP contribution >= 0.6 is 11.6 Å². The summed E-state index contributed by atoms with van der Waals surface area (Å²) in [6.07, 6.45) is 0. The maximum atomic E-state index is 13.3. The lowest BCUT2D eigenvalue weighted by atomic mass is 10.1. The molecule has 6 nitrogen and oxygen atoms in total. The highest BCUT2D eigenvalue weighted by molar-refractivity contribution is 6.31. The molecule has 0 saturated carbocycles. The topological polar surface area (TPSA) is 69.3 Å². The zero-order valence-corrected chi connectivity index (χ0v) is 19.2. The Kier molecular flexibility index (Phi) is 6.51. The van der Waals surface area contributed by atoms with Crippen molar-refractivity contribution >= 4 is 23.3 Å². The van der Waals surface area contributed by atoms with E-state index in [1.807, 2.05) is 32.9 Å². The number of furan rings is 1. The number of hydrogen-bond donors (Lipinski definition) is 1. The van der Waals surface area contributed by atoms with Gasteiger partial charge in [0.1, 0.15) is 23.9 Å². The van der Waals surface area contributed by atoms with Crippen LogP contribution in [0.3, 0.4) is 0 Å². The van der Waals surface area contributed by atoms with E-state index in [1.165, 1.54) is 12.1 Å². The zero-order valence-electron chi connectivity index (χ0n) is 18.5. The number of benzene rings is 2. The van der Waals surface area contributed by atoms with Crippen LogP contribution in [0.4, 0.5) is 10.2 Å². The number of nitrogens with one attached hydrogen (secondary N) is 1. The first kappa shape index (κ1) is 22.6. The van der Waals surface area contributed by atoms with Crippen molar-refractivity contribution in [2.24, 2.45) is 0 Å². The lowest BCUT2D eigenvalue weighted by Gasteiger charge is -2.07. The zero-order chi connectivity index (χ0) is 23.5. The van der Waals surface area contributed by atoms with Crippen molar-refractivity contribution in [3.05, 3.63) is 99.3 Å². The average molecular weight is 468 g/mol. The van der Waals surface area contributed by atoms with Gasteiger partial charge >= 0.3 is 0 Å². The maximum Gasteiger partial charge on any atom is 0.292 e. The van der Waals surface area contributed by atoms with Crippen molar-refractivity contribution in [2.45, 2.75) is 33.9 Å². The monoisotopic (exact) mass is 467 g/mol. The van der Waals surface area contributed by atoms with Gasteiger partial charge in [-0.05, 0) is 73.9 Å². The molecule has 0 radical (unpaired) electrons. The van der Waals surface area contributed by atoms with Gasteiger partial charge in [-0.25, -0.2) is 4.39 Å². The van der Waals surface area contributed by atoms with Crippen LogP contribution < -0.4 is 10.1 Å². The van der Waals surface area contributed by atoms with Crippen LogP contribution in [-0.2, 0) is 13.2 Å². The van der Waals surface area contributed by atoms with E-state index in [0.717, 1.165) is 28.1 Å². The Bertz CT molecular complexity index is 1290. The quantitative estimate of drug-likeness (QED) is 0.358. The summed E-state index contributed by atoms with van der Waals surface area (Å²) in [4.78, 5) is 12.6. The minimum atomic E-state index is -0.419. The number of rotatable bonds is 7. The largest absolute Gasteiger partial charge is 0.486 e. The molecule has 4 rings (SSSR count). The number of hydrogen-bond acceptors (Lipinski definition) is 4. The summed E-state index contributed by atoms with van der Waals surface area (Å²) < 4.78 is 26.4. The molecule has 0 aliphatic rings. The van der Waals surface area contributed by atoms with Gasteiger partial charge in [0.15, 0.2) is 11.6 Å². The van der Waals surface area contributed by atoms with Crippen LogP contribution in [0, 0.1) is 26.6 Å². The molecule has 0 saturated heterocycles. The molecule has 0 aliphatic carbocycles. The molecule has 0 unspecified atom stereocenters. The molecule has 8 heteroatoms. The van der Waals surface area contributed by atoms with Gasteiger partial charge in [0.25, 0.3) is 5.91 Å². The van der Waals surface area contributed by atoms with Crippen molar-refractivity contribution in [3.8, 4) is 5.75 Å². The van der Waals surface area contributed by atoms with Gasteiger partial charge in [0.2, 0.25) is 0 Å². The van der Waals surface area contributed by atoms with Gasteiger partial charge in [0, 0.05) is 16.8 Å². The summed E-state index contributed by atoms with van der Waals surface area (Å²) in [7, 11) is 0. The SMILES string of the molecule is Cc1cc(C)cc(OCc2ccc(C(=O)Nc3cc(C)n(Cc4ccc(F)cc4Cl)n3)o2)c1. The fraction of sp³-hybridized carbons (Fsp3) is 0.200. The second-order valence-electron chi connectivity index (χ2n) is 7.90. The predicted molar refractivity (Wildman–Crippen MR) is 124 cm³/mol. The molecule has 4 aromatic rings. The fourth-order valence-electron chi connectivity index (χ4n) is 3.47. The molecule has 0 atom stereocenters. The number of halogens is 2. The van der Waals surface area contributed by atoms with Crippen molar-refractivity contribution in [2.75, 3.05) is 5.32 Å². The van der Waals surface area contributed by atoms with Crippen LogP contribution in [0.1, 0.15) is 38.7 Å². The first-order valence-corrected chi connectivity index (χ1v) is 10.7. The van der Waals surface area contributed by atoms with Gasteiger partial charge in [-0.2, -0.15) is 5.10 Å². The third-order valence-electron chi connectivity index (χ3n) is 5.02. The Hall–Kier alpha value is -3.58. The van der Waals surface area contributed by atoms with Crippen LogP contribution in [0.2, 0.25) is 5.02 Å². The molecule has 170 valence electrons. The highest BCUT2D eigenvalue weighted by atomic mass is 35.5. The smallest absolute Gasteiger partial charge is 0.292 e. The van der Waals surface area contributed by atoms with Crippen LogP contribution in [0.5, 0.6) is 5.75 Å². The molecule has 2 aromatic heterocycles. The highest BCUT2D eigenvalue weighted by Gasteiger charge is 2.15. The Balaban J connectivity index is 1.38. The molecular formula is C25H23ClFN3O3. The molecule has 33 heavy (non-hydrogen) atoms. The number of carbonyl (C=O) groups excluding carboxylic acids is 1. The Morgan fingerprint density at radius 2 is 1.85 bits per heavy atom. The molecular weight excluding hydrogens is 445 g/mol. The molecule has 2 heterocycles. The summed E-state index contributed by atoms with van der Waals surface area (Å²) in [6.45, 7) is 6.43. The van der Waals surface area contributed by atoms with Crippen LogP contribution in [-0.4, -0.2) is 15.7 Å². The molecule has 0 bridgehead atoms. The summed E-state index contributed by atoms with van der Waals surface area (Å²) >= 11 is 6.11. The number of nitrogens with zero attached hydrogens (tertiary/aromatic N) is 2. The lowest BCUT2D eigenvalue weighted by Crippen LogP contribution is -2.12. The second kappa shape index (κ2) is 9.50. The summed E-state index contributed by atoms with van der Waals surface area (Å²) in [6, 6.07) is 15.2. The van der Waals surface area contributed by atoms with Crippen LogP contribution in [0.25, 0.3) is 0 Å². The van der Waals surface area contributed by atoms with Gasteiger partial charge in [-0.1, -0.05) is 23.7 Å². The van der Waals surface area contributed by atoms with E-state index >= 15 is 0 Å². The van der Waals surface area contributed by atoms with Crippen molar-refractivity contribution in [3.63, 3.8) is 0 Å². The minimum Gasteiger partial charge on any atom is -0.486 e. The highest BCUT2D eigenvalue weighted by Crippen LogP contribution is 2.21. The summed E-state index contributed by atoms with van der Waals surface area (Å²) in [5.41, 5.74) is 3.76. The number of amides is 1. The number of anilines is 1.